The number of rotatable bonds is 8. The quantitative estimate of drug-likeness (QED) is 0.460. The molecule has 0 aliphatic rings. The molecule has 0 aliphatic carbocycles. The highest BCUT2D eigenvalue weighted by Crippen LogP contribution is 1.97. The van der Waals surface area contributed by atoms with Gasteiger partial charge in [-0.05, 0) is 19.8 Å². The predicted molar refractivity (Wildman–Crippen MR) is 63.1 cm³/mol. The predicted octanol–water partition coefficient (Wildman–Crippen LogP) is -0.377. The van der Waals surface area contributed by atoms with Crippen molar-refractivity contribution in [1.82, 2.24) is 10.6 Å². The first kappa shape index (κ1) is 15.3. The molecule has 16 heavy (non-hydrogen) atoms. The van der Waals surface area contributed by atoms with Crippen molar-refractivity contribution in [3.8, 4) is 0 Å². The lowest BCUT2D eigenvalue weighted by Crippen LogP contribution is -2.51. The monoisotopic (exact) mass is 232 g/mol. The molecule has 1 atom stereocenters. The molecule has 0 saturated heterocycles. The summed E-state index contributed by atoms with van der Waals surface area (Å²) in [6.45, 7) is 5.40. The van der Waals surface area contributed by atoms with E-state index in [1.807, 2.05) is 13.8 Å². The zero-order chi connectivity index (χ0) is 12.6. The minimum Gasteiger partial charge on any atom is -0.395 e. The summed E-state index contributed by atoms with van der Waals surface area (Å²) in [6.07, 6.45) is 1.80. The molecule has 5 heteroatoms. The Morgan fingerprint density at radius 3 is 2.00 bits per heavy atom. The van der Waals surface area contributed by atoms with E-state index >= 15 is 0 Å². The van der Waals surface area contributed by atoms with Gasteiger partial charge in [0.15, 0.2) is 0 Å². The van der Waals surface area contributed by atoms with E-state index in [9.17, 15) is 4.79 Å². The Morgan fingerprint density at radius 1 is 1.12 bits per heavy atom. The van der Waals surface area contributed by atoms with Gasteiger partial charge in [0.2, 0.25) is 5.91 Å². The molecule has 0 heterocycles. The van der Waals surface area contributed by atoms with E-state index in [-0.39, 0.29) is 25.2 Å². The fraction of sp³-hybridized carbons (Fsp3) is 0.909. The van der Waals surface area contributed by atoms with Crippen LogP contribution in [0.1, 0.15) is 33.6 Å². The molecular weight excluding hydrogens is 208 g/mol. The molecule has 5 nitrogen and oxygen atoms in total. The summed E-state index contributed by atoms with van der Waals surface area (Å²) in [5.41, 5.74) is 0. The SMILES string of the molecule is CCC(CC)NC(=O)C(C)NC(CO)CO. The average Bonchev–Trinajstić information content (AvgIpc) is 2.32. The molecule has 0 saturated carbocycles. The van der Waals surface area contributed by atoms with Gasteiger partial charge in [-0.2, -0.15) is 0 Å². The van der Waals surface area contributed by atoms with Gasteiger partial charge in [-0.3, -0.25) is 10.1 Å². The van der Waals surface area contributed by atoms with Gasteiger partial charge in [0.1, 0.15) is 0 Å². The molecule has 0 spiro atoms. The lowest BCUT2D eigenvalue weighted by atomic mass is 10.1. The number of nitrogens with one attached hydrogen (secondary N) is 2. The standard InChI is InChI=1S/C11H24N2O3/c1-4-9(5-2)13-11(16)8(3)12-10(6-14)7-15/h8-10,12,14-15H,4-7H2,1-3H3,(H,13,16). The Bertz CT molecular complexity index is 192. The summed E-state index contributed by atoms with van der Waals surface area (Å²) in [6, 6.07) is -0.661. The van der Waals surface area contributed by atoms with Crippen LogP contribution in [0, 0.1) is 0 Å². The molecule has 0 aromatic carbocycles. The third-order valence-corrected chi connectivity index (χ3v) is 2.65. The van der Waals surface area contributed by atoms with Crippen molar-refractivity contribution in [2.75, 3.05) is 13.2 Å². The van der Waals surface area contributed by atoms with E-state index in [1.165, 1.54) is 0 Å². The second kappa shape index (κ2) is 8.50. The van der Waals surface area contributed by atoms with Crippen LogP contribution in [0.25, 0.3) is 0 Å². The Hall–Kier alpha value is -0.650. The lowest BCUT2D eigenvalue weighted by Gasteiger charge is -2.22. The molecule has 0 rings (SSSR count). The van der Waals surface area contributed by atoms with Gasteiger partial charge < -0.3 is 15.5 Å². The van der Waals surface area contributed by atoms with Crippen molar-refractivity contribution >= 4 is 5.91 Å². The highest BCUT2D eigenvalue weighted by Gasteiger charge is 2.18. The van der Waals surface area contributed by atoms with E-state index < -0.39 is 12.1 Å². The number of aliphatic hydroxyl groups is 2. The number of amides is 1. The molecule has 0 aromatic rings. The van der Waals surface area contributed by atoms with Gasteiger partial charge in [0.05, 0.1) is 25.3 Å². The fourth-order valence-electron chi connectivity index (χ4n) is 1.41. The summed E-state index contributed by atoms with van der Waals surface area (Å²) >= 11 is 0. The molecule has 96 valence electrons. The molecule has 0 aliphatic heterocycles. The van der Waals surface area contributed by atoms with E-state index in [1.54, 1.807) is 6.92 Å². The van der Waals surface area contributed by atoms with Gasteiger partial charge >= 0.3 is 0 Å². The Labute approximate surface area is 97.2 Å². The van der Waals surface area contributed by atoms with Crippen LogP contribution >= 0.6 is 0 Å². The number of carbonyl (C=O) groups excluding carboxylic acids is 1. The lowest BCUT2D eigenvalue weighted by molar-refractivity contribution is -0.123. The molecule has 0 bridgehead atoms. The summed E-state index contributed by atoms with van der Waals surface area (Å²) in [7, 11) is 0. The van der Waals surface area contributed by atoms with Crippen LogP contribution in [0.5, 0.6) is 0 Å². The van der Waals surface area contributed by atoms with Crippen LogP contribution in [0.15, 0.2) is 0 Å². The normalized spacial score (nSPS) is 13.2. The second-order valence-electron chi connectivity index (χ2n) is 3.97. The van der Waals surface area contributed by atoms with Gasteiger partial charge in [-0.15, -0.1) is 0 Å². The summed E-state index contributed by atoms with van der Waals surface area (Å²) in [5, 5.41) is 23.5. The van der Waals surface area contributed by atoms with Gasteiger partial charge in [0, 0.05) is 6.04 Å². The van der Waals surface area contributed by atoms with Crippen molar-refractivity contribution in [2.45, 2.75) is 51.7 Å². The maximum absolute atomic E-state index is 11.7. The molecule has 0 fully saturated rings. The first-order valence-electron chi connectivity index (χ1n) is 5.87. The zero-order valence-corrected chi connectivity index (χ0v) is 10.4. The number of carbonyl (C=O) groups is 1. The summed E-state index contributed by atoms with van der Waals surface area (Å²) < 4.78 is 0. The second-order valence-corrected chi connectivity index (χ2v) is 3.97. The van der Waals surface area contributed by atoms with E-state index in [0.29, 0.717) is 0 Å². The number of aliphatic hydroxyl groups excluding tert-OH is 2. The highest BCUT2D eigenvalue weighted by molar-refractivity contribution is 5.81. The Kier molecular flexibility index (Phi) is 8.15. The van der Waals surface area contributed by atoms with Crippen molar-refractivity contribution in [2.24, 2.45) is 0 Å². The Morgan fingerprint density at radius 2 is 1.62 bits per heavy atom. The zero-order valence-electron chi connectivity index (χ0n) is 10.4. The first-order valence-corrected chi connectivity index (χ1v) is 5.87. The fourth-order valence-corrected chi connectivity index (χ4v) is 1.41. The third-order valence-electron chi connectivity index (χ3n) is 2.65. The first-order chi connectivity index (χ1) is 7.58. The molecule has 0 aromatic heterocycles. The Balaban J connectivity index is 4.06. The summed E-state index contributed by atoms with van der Waals surface area (Å²) in [5.74, 6) is -0.0967. The minimum absolute atomic E-state index is 0.0967. The van der Waals surface area contributed by atoms with Gasteiger partial charge in [0.25, 0.3) is 0 Å². The minimum atomic E-state index is -0.442. The van der Waals surface area contributed by atoms with Crippen LogP contribution in [-0.4, -0.2) is 47.5 Å². The third kappa shape index (κ3) is 5.44. The van der Waals surface area contributed by atoms with E-state index in [0.717, 1.165) is 12.8 Å². The van der Waals surface area contributed by atoms with Gasteiger partial charge in [-0.25, -0.2) is 0 Å². The molecule has 1 amide bonds. The maximum Gasteiger partial charge on any atom is 0.237 e. The van der Waals surface area contributed by atoms with E-state index in [4.69, 9.17) is 10.2 Å². The largest absolute Gasteiger partial charge is 0.395 e. The van der Waals surface area contributed by atoms with Crippen LogP contribution < -0.4 is 10.6 Å². The molecule has 1 unspecified atom stereocenters. The van der Waals surface area contributed by atoms with Crippen molar-refractivity contribution in [3.05, 3.63) is 0 Å². The molecule has 0 radical (unpaired) electrons. The maximum atomic E-state index is 11.7. The van der Waals surface area contributed by atoms with Gasteiger partial charge in [-0.1, -0.05) is 13.8 Å². The highest BCUT2D eigenvalue weighted by atomic mass is 16.3. The van der Waals surface area contributed by atoms with Crippen LogP contribution in [0.4, 0.5) is 0 Å². The van der Waals surface area contributed by atoms with Crippen molar-refractivity contribution < 1.29 is 15.0 Å². The van der Waals surface area contributed by atoms with Crippen LogP contribution in [-0.2, 0) is 4.79 Å². The molecule has 4 N–H and O–H groups in total. The average molecular weight is 232 g/mol. The number of hydrogen-bond donors (Lipinski definition) is 4. The van der Waals surface area contributed by atoms with Crippen molar-refractivity contribution in [1.29, 1.82) is 0 Å². The van der Waals surface area contributed by atoms with Crippen LogP contribution in [0.3, 0.4) is 0 Å². The number of hydrogen-bond acceptors (Lipinski definition) is 4. The molecular formula is C11H24N2O3. The van der Waals surface area contributed by atoms with Crippen LogP contribution in [0.2, 0.25) is 0 Å². The topological polar surface area (TPSA) is 81.6 Å². The summed E-state index contributed by atoms with van der Waals surface area (Å²) in [4.78, 5) is 11.7. The smallest absolute Gasteiger partial charge is 0.237 e. The van der Waals surface area contributed by atoms with E-state index in [2.05, 4.69) is 10.6 Å². The van der Waals surface area contributed by atoms with Crippen molar-refractivity contribution in [3.63, 3.8) is 0 Å².